The van der Waals surface area contributed by atoms with Crippen molar-refractivity contribution >= 4 is 11.6 Å². The van der Waals surface area contributed by atoms with Crippen LogP contribution in [-0.2, 0) is 9.53 Å². The molecule has 0 aliphatic rings. The molecule has 0 fully saturated rings. The van der Waals surface area contributed by atoms with Crippen molar-refractivity contribution in [3.63, 3.8) is 0 Å². The molecule has 112 valence electrons. The van der Waals surface area contributed by atoms with Gasteiger partial charge in [0.25, 0.3) is 0 Å². The molecule has 0 aromatic carbocycles. The third kappa shape index (κ3) is 6.02. The van der Waals surface area contributed by atoms with Gasteiger partial charge >= 0.3 is 0 Å². The van der Waals surface area contributed by atoms with Gasteiger partial charge < -0.3 is 14.8 Å². The van der Waals surface area contributed by atoms with Crippen molar-refractivity contribution in [3.8, 4) is 5.75 Å². The molecule has 1 aromatic rings. The van der Waals surface area contributed by atoms with E-state index in [9.17, 15) is 4.79 Å². The van der Waals surface area contributed by atoms with Crippen LogP contribution in [0.5, 0.6) is 5.75 Å². The van der Waals surface area contributed by atoms with Crippen molar-refractivity contribution in [2.75, 3.05) is 19.0 Å². The Labute approximate surface area is 120 Å². The van der Waals surface area contributed by atoms with Crippen LogP contribution in [0.4, 0.5) is 5.69 Å². The van der Waals surface area contributed by atoms with Crippen LogP contribution >= 0.6 is 0 Å². The van der Waals surface area contributed by atoms with Gasteiger partial charge in [-0.3, -0.25) is 9.78 Å². The van der Waals surface area contributed by atoms with Gasteiger partial charge in [-0.15, -0.1) is 0 Å². The van der Waals surface area contributed by atoms with Gasteiger partial charge in [0, 0.05) is 12.3 Å². The van der Waals surface area contributed by atoms with E-state index in [1.807, 2.05) is 6.92 Å². The van der Waals surface area contributed by atoms with E-state index in [0.717, 1.165) is 6.42 Å². The van der Waals surface area contributed by atoms with Crippen LogP contribution in [0.15, 0.2) is 18.5 Å². The summed E-state index contributed by atoms with van der Waals surface area (Å²) >= 11 is 0. The summed E-state index contributed by atoms with van der Waals surface area (Å²) in [4.78, 5) is 15.8. The number of rotatable bonds is 8. The Morgan fingerprint density at radius 1 is 1.40 bits per heavy atom. The lowest BCUT2D eigenvalue weighted by Gasteiger charge is -2.15. The lowest BCUT2D eigenvalue weighted by molar-refractivity contribution is -0.117. The zero-order chi connectivity index (χ0) is 15.0. The number of carbonyl (C=O) groups is 1. The minimum Gasteiger partial charge on any atom is -0.494 e. The molecule has 5 nitrogen and oxygen atoms in total. The zero-order valence-electron chi connectivity index (χ0n) is 12.7. The van der Waals surface area contributed by atoms with Gasteiger partial charge in [0.15, 0.2) is 0 Å². The predicted molar refractivity (Wildman–Crippen MR) is 78.9 cm³/mol. The smallest absolute Gasteiger partial charge is 0.226 e. The number of ether oxygens (including phenoxy) is 2. The summed E-state index contributed by atoms with van der Waals surface area (Å²) in [6, 6.07) is 1.71. The minimum absolute atomic E-state index is 0.104. The van der Waals surface area contributed by atoms with E-state index >= 15 is 0 Å². The second-order valence-electron chi connectivity index (χ2n) is 5.19. The molecule has 20 heavy (non-hydrogen) atoms. The Balaban J connectivity index is 2.33. The van der Waals surface area contributed by atoms with Crippen molar-refractivity contribution in [2.24, 2.45) is 5.92 Å². The van der Waals surface area contributed by atoms with Crippen molar-refractivity contribution < 1.29 is 14.3 Å². The number of aromatic nitrogens is 1. The van der Waals surface area contributed by atoms with E-state index in [2.05, 4.69) is 24.1 Å². The first-order chi connectivity index (χ1) is 9.52. The molecule has 0 unspecified atom stereocenters. The molecule has 0 saturated carbocycles. The molecule has 0 radical (unpaired) electrons. The summed E-state index contributed by atoms with van der Waals surface area (Å²) in [5, 5.41) is 2.77. The highest BCUT2D eigenvalue weighted by Gasteiger charge is 2.09. The Kier molecular flexibility index (Phi) is 7.01. The van der Waals surface area contributed by atoms with Gasteiger partial charge in [-0.2, -0.15) is 0 Å². The summed E-state index contributed by atoms with van der Waals surface area (Å²) in [5.74, 6) is 1.09. The number of carbonyl (C=O) groups excluding carboxylic acids is 1. The highest BCUT2D eigenvalue weighted by Crippen LogP contribution is 2.21. The quantitative estimate of drug-likeness (QED) is 0.795. The maximum atomic E-state index is 11.8. The largest absolute Gasteiger partial charge is 0.494 e. The first-order valence-electron chi connectivity index (χ1n) is 6.92. The predicted octanol–water partition coefficient (Wildman–Crippen LogP) is 2.87. The molecule has 0 spiro atoms. The standard InChI is InChI=1S/C15H24N2O3/c1-11(2)9-12(3)20-8-6-15(18)17-13-10-16-7-5-14(13)19-4/h5,7,10-12H,6,8-9H2,1-4H3,(H,17,18)/t12-/m0/s1. The highest BCUT2D eigenvalue weighted by atomic mass is 16.5. The normalized spacial score (nSPS) is 12.2. The molecule has 0 aliphatic heterocycles. The fourth-order valence-electron chi connectivity index (χ4n) is 1.95. The summed E-state index contributed by atoms with van der Waals surface area (Å²) in [6.45, 7) is 6.76. The molecule has 0 saturated heterocycles. The summed E-state index contributed by atoms with van der Waals surface area (Å²) in [7, 11) is 1.56. The van der Waals surface area contributed by atoms with Crippen LogP contribution in [-0.4, -0.2) is 30.7 Å². The molecule has 1 rings (SSSR count). The third-order valence-corrected chi connectivity index (χ3v) is 2.81. The molecule has 1 aromatic heterocycles. The van der Waals surface area contributed by atoms with Crippen LogP contribution in [0.2, 0.25) is 0 Å². The van der Waals surface area contributed by atoms with Crippen LogP contribution < -0.4 is 10.1 Å². The second-order valence-corrected chi connectivity index (χ2v) is 5.19. The SMILES string of the molecule is COc1ccncc1NC(=O)CCO[C@@H](C)CC(C)C. The maximum Gasteiger partial charge on any atom is 0.226 e. The molecule has 0 bridgehead atoms. The van der Waals surface area contributed by atoms with E-state index < -0.39 is 0 Å². The maximum absolute atomic E-state index is 11.8. The number of nitrogens with zero attached hydrogens (tertiary/aromatic N) is 1. The van der Waals surface area contributed by atoms with E-state index in [1.54, 1.807) is 25.6 Å². The van der Waals surface area contributed by atoms with Gasteiger partial charge in [-0.25, -0.2) is 0 Å². The average molecular weight is 280 g/mol. The van der Waals surface area contributed by atoms with Crippen LogP contribution in [0.3, 0.4) is 0 Å². The Bertz CT molecular complexity index is 421. The molecular weight excluding hydrogens is 256 g/mol. The summed E-state index contributed by atoms with van der Waals surface area (Å²) < 4.78 is 10.8. The average Bonchev–Trinajstić information content (AvgIpc) is 2.38. The topological polar surface area (TPSA) is 60.5 Å². The minimum atomic E-state index is -0.104. The Hall–Kier alpha value is -1.62. The molecule has 0 aliphatic carbocycles. The number of methoxy groups -OCH3 is 1. The third-order valence-electron chi connectivity index (χ3n) is 2.81. The van der Waals surface area contributed by atoms with Crippen LogP contribution in [0.1, 0.15) is 33.6 Å². The van der Waals surface area contributed by atoms with Gasteiger partial charge in [0.1, 0.15) is 11.4 Å². The number of amides is 1. The number of hydrogen-bond donors (Lipinski definition) is 1. The highest BCUT2D eigenvalue weighted by molar-refractivity contribution is 5.92. The van der Waals surface area contributed by atoms with Gasteiger partial charge in [0.2, 0.25) is 5.91 Å². The van der Waals surface area contributed by atoms with E-state index in [1.165, 1.54) is 0 Å². The first kappa shape index (κ1) is 16.4. The molecular formula is C15H24N2O3. The summed E-state index contributed by atoms with van der Waals surface area (Å²) in [5.41, 5.74) is 0.579. The zero-order valence-corrected chi connectivity index (χ0v) is 12.7. The first-order valence-corrected chi connectivity index (χ1v) is 6.92. The number of nitrogens with one attached hydrogen (secondary N) is 1. The lowest BCUT2D eigenvalue weighted by atomic mass is 10.1. The van der Waals surface area contributed by atoms with Gasteiger partial charge in [-0.1, -0.05) is 13.8 Å². The van der Waals surface area contributed by atoms with Crippen LogP contribution in [0.25, 0.3) is 0 Å². The van der Waals surface area contributed by atoms with Crippen molar-refractivity contribution in [1.82, 2.24) is 4.98 Å². The number of pyridine rings is 1. The summed E-state index contributed by atoms with van der Waals surface area (Å²) in [6.07, 6.45) is 4.68. The van der Waals surface area contributed by atoms with E-state index in [-0.39, 0.29) is 12.0 Å². The fraction of sp³-hybridized carbons (Fsp3) is 0.600. The molecule has 1 amide bonds. The van der Waals surface area contributed by atoms with Gasteiger partial charge in [-0.05, 0) is 19.3 Å². The molecule has 1 atom stereocenters. The van der Waals surface area contributed by atoms with Gasteiger partial charge in [0.05, 0.1) is 32.4 Å². The number of hydrogen-bond acceptors (Lipinski definition) is 4. The van der Waals surface area contributed by atoms with Crippen molar-refractivity contribution in [1.29, 1.82) is 0 Å². The molecule has 1 N–H and O–H groups in total. The Morgan fingerprint density at radius 3 is 2.80 bits per heavy atom. The number of anilines is 1. The molecule has 5 heteroatoms. The van der Waals surface area contributed by atoms with Crippen molar-refractivity contribution in [3.05, 3.63) is 18.5 Å². The lowest BCUT2D eigenvalue weighted by Crippen LogP contribution is -2.18. The second kappa shape index (κ2) is 8.53. The van der Waals surface area contributed by atoms with Crippen molar-refractivity contribution in [2.45, 2.75) is 39.7 Å². The molecule has 1 heterocycles. The Morgan fingerprint density at radius 2 is 2.15 bits per heavy atom. The fourth-order valence-corrected chi connectivity index (χ4v) is 1.95. The monoisotopic (exact) mass is 280 g/mol. The van der Waals surface area contributed by atoms with E-state index in [0.29, 0.717) is 30.4 Å². The van der Waals surface area contributed by atoms with E-state index in [4.69, 9.17) is 9.47 Å². The van der Waals surface area contributed by atoms with Crippen LogP contribution in [0, 0.1) is 5.92 Å².